The van der Waals surface area contributed by atoms with Crippen LogP contribution in [0.1, 0.15) is 38.8 Å². The van der Waals surface area contributed by atoms with Crippen molar-refractivity contribution < 1.29 is 42.6 Å². The van der Waals surface area contributed by atoms with Crippen molar-refractivity contribution in [1.82, 2.24) is 19.1 Å². The molecule has 1 aromatic rings. The molecule has 2 aliphatic heterocycles. The number of carbonyl (C=O) groups excluding carboxylic acids is 4. The van der Waals surface area contributed by atoms with Crippen LogP contribution < -0.4 is 11.2 Å². The second-order valence-electron chi connectivity index (χ2n) is 11.9. The average molecular weight is 631 g/mol. The smallest absolute Gasteiger partial charge is 0.352 e. The maximum absolute atomic E-state index is 13.7. The van der Waals surface area contributed by atoms with E-state index < -0.39 is 60.0 Å². The van der Waals surface area contributed by atoms with Gasteiger partial charge in [0.05, 0.1) is 51.8 Å². The van der Waals surface area contributed by atoms with Crippen LogP contribution in [0.4, 0.5) is 0 Å². The van der Waals surface area contributed by atoms with Crippen molar-refractivity contribution in [1.29, 1.82) is 0 Å². The maximum atomic E-state index is 13.7. The molecule has 45 heavy (non-hydrogen) atoms. The van der Waals surface area contributed by atoms with Gasteiger partial charge in [0.1, 0.15) is 6.61 Å². The first-order valence-electron chi connectivity index (χ1n) is 14.3. The lowest BCUT2D eigenvalue weighted by Gasteiger charge is -2.33. The molecule has 0 saturated carbocycles. The zero-order valence-electron chi connectivity index (χ0n) is 27.0. The van der Waals surface area contributed by atoms with E-state index in [-0.39, 0.29) is 24.6 Å². The Kier molecular flexibility index (Phi) is 10.8. The Balaban J connectivity index is 2.33. The van der Waals surface area contributed by atoms with Crippen molar-refractivity contribution >= 4 is 34.9 Å². The third kappa shape index (κ3) is 8.94. The highest BCUT2D eigenvalue weighted by molar-refractivity contribution is 5.81. The summed E-state index contributed by atoms with van der Waals surface area (Å²) < 4.78 is 24.6. The number of likely N-dealkylation sites (N-methyl/N-ethyl adjacent to an activating group) is 1. The number of fused-ring (bicyclic) bond motifs is 2. The molecule has 0 fully saturated rings. The molecule has 0 aromatic heterocycles. The minimum Gasteiger partial charge on any atom is -0.462 e. The lowest BCUT2D eigenvalue weighted by Crippen LogP contribution is -2.49. The SMILES string of the molecule is CC(=O)OCC(OC(C)=O)C(OC(C)=O)C(Cn1c2nc(=O)n(CC[N+](C)(C)C)c(=O)c-2nc2cc(C)c(C)cc21)OC(C)=O. The summed E-state index contributed by atoms with van der Waals surface area (Å²) in [6.45, 7) is 7.94. The van der Waals surface area contributed by atoms with E-state index in [1.807, 2.05) is 35.0 Å². The molecule has 0 spiro atoms. The molecule has 3 atom stereocenters. The summed E-state index contributed by atoms with van der Waals surface area (Å²) in [7, 11) is 5.77. The Morgan fingerprint density at radius 3 is 1.93 bits per heavy atom. The Morgan fingerprint density at radius 2 is 1.38 bits per heavy atom. The molecular weight excluding hydrogens is 590 g/mol. The number of carbonyl (C=O) groups is 4. The lowest BCUT2D eigenvalue weighted by molar-refractivity contribution is -0.871. The van der Waals surface area contributed by atoms with Crippen LogP contribution in [0.5, 0.6) is 0 Å². The summed E-state index contributed by atoms with van der Waals surface area (Å²) >= 11 is 0. The van der Waals surface area contributed by atoms with Crippen molar-refractivity contribution in [2.45, 2.75) is 72.9 Å². The summed E-state index contributed by atoms with van der Waals surface area (Å²) in [4.78, 5) is 84.1. The van der Waals surface area contributed by atoms with E-state index in [1.54, 1.807) is 12.1 Å². The Bertz CT molecular complexity index is 1700. The van der Waals surface area contributed by atoms with E-state index in [9.17, 15) is 28.8 Å². The normalized spacial score (nSPS) is 13.6. The molecule has 3 unspecified atom stereocenters. The number of benzene rings is 1. The summed E-state index contributed by atoms with van der Waals surface area (Å²) in [5.41, 5.74) is 1.00. The third-order valence-corrected chi connectivity index (χ3v) is 6.94. The van der Waals surface area contributed by atoms with Crippen LogP contribution in [0.2, 0.25) is 0 Å². The highest BCUT2D eigenvalue weighted by Crippen LogP contribution is 2.26. The predicted molar refractivity (Wildman–Crippen MR) is 160 cm³/mol. The van der Waals surface area contributed by atoms with Crippen molar-refractivity contribution in [2.75, 3.05) is 34.3 Å². The van der Waals surface area contributed by atoms with Crippen molar-refractivity contribution in [3.8, 4) is 11.5 Å². The molecule has 244 valence electrons. The van der Waals surface area contributed by atoms with E-state index in [4.69, 9.17) is 18.9 Å². The summed E-state index contributed by atoms with van der Waals surface area (Å²) in [6.07, 6.45) is -4.26. The van der Waals surface area contributed by atoms with Crippen LogP contribution in [0.15, 0.2) is 21.7 Å². The number of quaternary nitrogens is 1. The van der Waals surface area contributed by atoms with Crippen LogP contribution in [0, 0.1) is 13.8 Å². The number of hydrogen-bond acceptors (Lipinski definition) is 12. The van der Waals surface area contributed by atoms with Gasteiger partial charge in [0, 0.05) is 27.7 Å². The first-order chi connectivity index (χ1) is 20.9. The Morgan fingerprint density at radius 1 is 0.800 bits per heavy atom. The van der Waals surface area contributed by atoms with Gasteiger partial charge >= 0.3 is 29.6 Å². The van der Waals surface area contributed by atoms with Gasteiger partial charge in [-0.2, -0.15) is 4.98 Å². The third-order valence-electron chi connectivity index (χ3n) is 6.94. The minimum atomic E-state index is -1.48. The van der Waals surface area contributed by atoms with Gasteiger partial charge in [0.15, 0.2) is 29.8 Å². The number of ether oxygens (including phenoxy) is 4. The highest BCUT2D eigenvalue weighted by atomic mass is 16.6. The minimum absolute atomic E-state index is 0.0926. The molecule has 0 amide bonds. The first kappa shape index (κ1) is 34.8. The number of esters is 4. The molecule has 15 heteroatoms. The highest BCUT2D eigenvalue weighted by Gasteiger charge is 2.39. The molecule has 0 bridgehead atoms. The molecular formula is C30H40N5O10+. The average Bonchev–Trinajstić information content (AvgIpc) is 2.89. The van der Waals surface area contributed by atoms with Gasteiger partial charge < -0.3 is 28.0 Å². The molecule has 2 aliphatic rings. The standard InChI is InChI=1S/C30H40N5O10/c1-16-12-22-23(13-17(16)2)34(28-26(31-22)29(40)33(30(41)32-28)10-11-35(7,8)9)14-24(43-19(4)37)27(45-21(6)39)25(44-20(5)38)15-42-18(3)36/h12-13,24-25,27H,10-11,14-15H2,1-9H3/q+1. The maximum Gasteiger partial charge on any atom is 0.352 e. The van der Waals surface area contributed by atoms with Crippen LogP contribution in [0.25, 0.3) is 22.6 Å². The fraction of sp³-hybridized carbons (Fsp3) is 0.533. The predicted octanol–water partition coefficient (Wildman–Crippen LogP) is 0.739. The van der Waals surface area contributed by atoms with E-state index in [1.165, 1.54) is 4.57 Å². The lowest BCUT2D eigenvalue weighted by atomic mass is 10.1. The number of aryl methyl sites for hydroxylation is 2. The molecule has 0 N–H and O–H groups in total. The van der Waals surface area contributed by atoms with Gasteiger partial charge in [-0.15, -0.1) is 0 Å². The molecule has 2 heterocycles. The van der Waals surface area contributed by atoms with Crippen LogP contribution >= 0.6 is 0 Å². The molecule has 3 rings (SSSR count). The fourth-order valence-electron chi connectivity index (χ4n) is 4.70. The molecule has 15 nitrogen and oxygen atoms in total. The fourth-order valence-corrected chi connectivity index (χ4v) is 4.70. The number of nitrogens with zero attached hydrogens (tertiary/aromatic N) is 5. The Hall–Kier alpha value is -4.66. The van der Waals surface area contributed by atoms with Gasteiger partial charge in [-0.25, -0.2) is 9.78 Å². The molecule has 0 saturated heterocycles. The van der Waals surface area contributed by atoms with E-state index >= 15 is 0 Å². The van der Waals surface area contributed by atoms with Gasteiger partial charge in [0.2, 0.25) is 0 Å². The zero-order valence-corrected chi connectivity index (χ0v) is 27.0. The molecule has 0 radical (unpaired) electrons. The van der Waals surface area contributed by atoms with Crippen molar-refractivity contribution in [2.24, 2.45) is 0 Å². The molecule has 1 aromatic carbocycles. The van der Waals surface area contributed by atoms with Crippen LogP contribution in [0.3, 0.4) is 0 Å². The van der Waals surface area contributed by atoms with Gasteiger partial charge in [-0.3, -0.25) is 28.5 Å². The van der Waals surface area contributed by atoms with Crippen LogP contribution in [-0.4, -0.2) is 100 Å². The van der Waals surface area contributed by atoms with Gasteiger partial charge in [-0.1, -0.05) is 0 Å². The molecule has 0 aliphatic carbocycles. The van der Waals surface area contributed by atoms with Gasteiger partial charge in [-0.05, 0) is 37.1 Å². The number of aromatic nitrogens is 4. The zero-order chi connectivity index (χ0) is 33.8. The number of rotatable bonds is 12. The van der Waals surface area contributed by atoms with E-state index in [2.05, 4.69) is 9.97 Å². The summed E-state index contributed by atoms with van der Waals surface area (Å²) in [5, 5.41) is 0. The summed E-state index contributed by atoms with van der Waals surface area (Å²) in [5.74, 6) is -3.15. The topological polar surface area (TPSA) is 175 Å². The van der Waals surface area contributed by atoms with Crippen LogP contribution in [-0.2, 0) is 51.2 Å². The quantitative estimate of drug-likeness (QED) is 0.119. The monoisotopic (exact) mass is 630 g/mol. The van der Waals surface area contributed by atoms with E-state index in [0.29, 0.717) is 22.1 Å². The van der Waals surface area contributed by atoms with Gasteiger partial charge in [0.25, 0.3) is 5.56 Å². The second kappa shape index (κ2) is 14.0. The first-order valence-corrected chi connectivity index (χ1v) is 14.3. The van der Waals surface area contributed by atoms with Crippen molar-refractivity contribution in [3.05, 3.63) is 44.1 Å². The largest absolute Gasteiger partial charge is 0.462 e. The summed E-state index contributed by atoms with van der Waals surface area (Å²) in [6, 6.07) is 3.55. The van der Waals surface area contributed by atoms with Crippen molar-refractivity contribution in [3.63, 3.8) is 0 Å². The second-order valence-corrected chi connectivity index (χ2v) is 11.9. The van der Waals surface area contributed by atoms with E-state index in [0.717, 1.165) is 43.4 Å². The Labute approximate surface area is 259 Å². The number of hydrogen-bond donors (Lipinski definition) is 0.